The second-order valence-corrected chi connectivity index (χ2v) is 8.91. The summed E-state index contributed by atoms with van der Waals surface area (Å²) in [6.45, 7) is 7.79. The fourth-order valence-electron chi connectivity index (χ4n) is 1.23. The average Bonchev–Trinajstić information content (AvgIpc) is 2.91. The lowest BCUT2D eigenvalue weighted by molar-refractivity contribution is -0.107. The van der Waals surface area contributed by atoms with E-state index in [9.17, 15) is 4.79 Å². The molecule has 0 fully saturated rings. The normalized spacial score (nSPS) is 12.3. The zero-order valence-electron chi connectivity index (χ0n) is 11.8. The fraction of sp³-hybridized carbons (Fsp3) is 0.615. The number of carbonyl (C=O) groups excluding carboxylic acids is 1. The molecule has 0 aliphatic heterocycles. The van der Waals surface area contributed by atoms with Crippen LogP contribution >= 0.6 is 46.6 Å². The molecule has 1 aromatic rings. The molecule has 1 atom stereocenters. The summed E-state index contributed by atoms with van der Waals surface area (Å²) in [4.78, 5) is 11.4. The van der Waals surface area contributed by atoms with Gasteiger partial charge in [-0.2, -0.15) is 0 Å². The molecule has 1 heterocycles. The Bertz CT molecular complexity index is 422. The summed E-state index contributed by atoms with van der Waals surface area (Å²) in [5.74, 6) is 1.99. The first-order valence-electron chi connectivity index (χ1n) is 6.61. The number of thioether (sulfide) groups is 3. The number of rotatable bonds is 10. The van der Waals surface area contributed by atoms with E-state index in [1.165, 1.54) is 30.7 Å². The standard InChI is InChI=1S/C13H20N2OS4/c1-4-7-8-17-12-14-15-13(20-12)18-9-10(5-2)19-11(16)6-3/h6,10H,3-5,7-9H2,1-2H3. The summed E-state index contributed by atoms with van der Waals surface area (Å²) < 4.78 is 2.04. The molecule has 1 aromatic heterocycles. The Morgan fingerprint density at radius 1 is 1.35 bits per heavy atom. The molecule has 0 radical (unpaired) electrons. The van der Waals surface area contributed by atoms with Gasteiger partial charge in [0, 0.05) is 16.8 Å². The largest absolute Gasteiger partial charge is 0.282 e. The van der Waals surface area contributed by atoms with Crippen molar-refractivity contribution in [1.29, 1.82) is 0 Å². The summed E-state index contributed by atoms with van der Waals surface area (Å²) in [7, 11) is 0. The van der Waals surface area contributed by atoms with Crippen LogP contribution < -0.4 is 0 Å². The molecule has 1 unspecified atom stereocenters. The molecular weight excluding hydrogens is 328 g/mol. The van der Waals surface area contributed by atoms with Crippen LogP contribution in [0.15, 0.2) is 21.3 Å². The van der Waals surface area contributed by atoms with E-state index in [1.54, 1.807) is 34.9 Å². The molecule has 0 saturated carbocycles. The second-order valence-electron chi connectivity index (χ2n) is 4.02. The van der Waals surface area contributed by atoms with Crippen molar-refractivity contribution in [1.82, 2.24) is 10.2 Å². The molecule has 0 amide bonds. The summed E-state index contributed by atoms with van der Waals surface area (Å²) in [5.41, 5.74) is 0. The van der Waals surface area contributed by atoms with E-state index >= 15 is 0 Å². The Balaban J connectivity index is 2.36. The smallest absolute Gasteiger partial charge is 0.211 e. The minimum Gasteiger partial charge on any atom is -0.282 e. The molecule has 0 aromatic carbocycles. The lowest BCUT2D eigenvalue weighted by Crippen LogP contribution is -2.07. The van der Waals surface area contributed by atoms with Crippen LogP contribution in [0.25, 0.3) is 0 Å². The third kappa shape index (κ3) is 7.15. The zero-order chi connectivity index (χ0) is 14.8. The third-order valence-corrected chi connectivity index (χ3v) is 7.29. The van der Waals surface area contributed by atoms with Gasteiger partial charge in [-0.3, -0.25) is 4.79 Å². The van der Waals surface area contributed by atoms with E-state index in [4.69, 9.17) is 0 Å². The van der Waals surface area contributed by atoms with Gasteiger partial charge in [0.1, 0.15) is 0 Å². The lowest BCUT2D eigenvalue weighted by atomic mass is 10.4. The van der Waals surface area contributed by atoms with Gasteiger partial charge >= 0.3 is 0 Å². The van der Waals surface area contributed by atoms with Crippen molar-refractivity contribution < 1.29 is 4.79 Å². The van der Waals surface area contributed by atoms with Gasteiger partial charge in [-0.05, 0) is 18.9 Å². The van der Waals surface area contributed by atoms with Crippen molar-refractivity contribution >= 4 is 51.7 Å². The summed E-state index contributed by atoms with van der Waals surface area (Å²) in [6, 6.07) is 0. The van der Waals surface area contributed by atoms with Gasteiger partial charge in [-0.25, -0.2) is 0 Å². The van der Waals surface area contributed by atoms with Crippen LogP contribution in [0.3, 0.4) is 0 Å². The Morgan fingerprint density at radius 2 is 2.05 bits per heavy atom. The summed E-state index contributed by atoms with van der Waals surface area (Å²) in [5, 5.41) is 8.74. The van der Waals surface area contributed by atoms with Crippen LogP contribution in [-0.2, 0) is 4.79 Å². The topological polar surface area (TPSA) is 42.9 Å². The Morgan fingerprint density at radius 3 is 2.65 bits per heavy atom. The van der Waals surface area contributed by atoms with Crippen molar-refractivity contribution in [3.63, 3.8) is 0 Å². The van der Waals surface area contributed by atoms with E-state index < -0.39 is 0 Å². The number of carbonyl (C=O) groups is 1. The molecule has 0 saturated heterocycles. The molecule has 0 spiro atoms. The predicted molar refractivity (Wildman–Crippen MR) is 93.1 cm³/mol. The van der Waals surface area contributed by atoms with Crippen molar-refractivity contribution in [2.45, 2.75) is 47.0 Å². The molecule has 1 rings (SSSR count). The van der Waals surface area contributed by atoms with Crippen LogP contribution in [0.4, 0.5) is 0 Å². The Hall–Kier alpha value is 0.0200. The Labute approximate surface area is 137 Å². The van der Waals surface area contributed by atoms with Gasteiger partial charge in [-0.1, -0.05) is 73.5 Å². The van der Waals surface area contributed by atoms with E-state index in [0.29, 0.717) is 5.25 Å². The molecular formula is C13H20N2OS4. The monoisotopic (exact) mass is 348 g/mol. The van der Waals surface area contributed by atoms with Crippen molar-refractivity contribution in [2.24, 2.45) is 0 Å². The first-order valence-corrected chi connectivity index (χ1v) is 10.3. The highest BCUT2D eigenvalue weighted by Crippen LogP contribution is 2.31. The van der Waals surface area contributed by atoms with Gasteiger partial charge < -0.3 is 0 Å². The number of hydrogen-bond donors (Lipinski definition) is 0. The van der Waals surface area contributed by atoms with Crippen LogP contribution in [0, 0.1) is 0 Å². The molecule has 0 bridgehead atoms. The lowest BCUT2D eigenvalue weighted by Gasteiger charge is -2.10. The summed E-state index contributed by atoms with van der Waals surface area (Å²) in [6.07, 6.45) is 4.77. The molecule has 20 heavy (non-hydrogen) atoms. The van der Waals surface area contributed by atoms with Crippen LogP contribution in [0.1, 0.15) is 33.1 Å². The fourth-order valence-corrected chi connectivity index (χ4v) is 5.54. The minimum atomic E-state index is 0.0468. The van der Waals surface area contributed by atoms with Crippen LogP contribution in [-0.4, -0.2) is 32.1 Å². The maximum atomic E-state index is 11.4. The van der Waals surface area contributed by atoms with E-state index in [-0.39, 0.29) is 5.12 Å². The minimum absolute atomic E-state index is 0.0468. The molecule has 0 N–H and O–H groups in total. The van der Waals surface area contributed by atoms with Gasteiger partial charge in [0.05, 0.1) is 0 Å². The number of aromatic nitrogens is 2. The first kappa shape index (κ1) is 18.1. The number of hydrogen-bond acceptors (Lipinski definition) is 7. The highest BCUT2D eigenvalue weighted by atomic mass is 32.2. The highest BCUT2D eigenvalue weighted by Gasteiger charge is 2.13. The second kappa shape index (κ2) is 10.7. The third-order valence-electron chi connectivity index (χ3n) is 2.41. The Kier molecular flexibility index (Phi) is 9.67. The highest BCUT2D eigenvalue weighted by molar-refractivity contribution is 8.15. The number of unbranched alkanes of at least 4 members (excludes halogenated alkanes) is 1. The molecule has 3 nitrogen and oxygen atoms in total. The van der Waals surface area contributed by atoms with E-state index in [2.05, 4.69) is 30.6 Å². The predicted octanol–water partition coefficient (Wildman–Crippen LogP) is 4.75. The zero-order valence-corrected chi connectivity index (χ0v) is 15.1. The van der Waals surface area contributed by atoms with Crippen LogP contribution in [0.2, 0.25) is 0 Å². The van der Waals surface area contributed by atoms with Gasteiger partial charge in [0.15, 0.2) is 8.68 Å². The average molecular weight is 349 g/mol. The summed E-state index contributed by atoms with van der Waals surface area (Å²) >= 11 is 6.48. The van der Waals surface area contributed by atoms with E-state index in [1.807, 2.05) is 0 Å². The van der Waals surface area contributed by atoms with Crippen LogP contribution in [0.5, 0.6) is 0 Å². The quantitative estimate of drug-likeness (QED) is 0.345. The first-order chi connectivity index (χ1) is 9.69. The van der Waals surface area contributed by atoms with Gasteiger partial charge in [0.25, 0.3) is 0 Å². The molecule has 112 valence electrons. The molecule has 0 aliphatic rings. The maximum Gasteiger partial charge on any atom is 0.211 e. The van der Waals surface area contributed by atoms with Crippen molar-refractivity contribution in [3.05, 3.63) is 12.7 Å². The van der Waals surface area contributed by atoms with Crippen molar-refractivity contribution in [2.75, 3.05) is 11.5 Å². The van der Waals surface area contributed by atoms with Gasteiger partial charge in [-0.15, -0.1) is 10.2 Å². The maximum absolute atomic E-state index is 11.4. The molecule has 7 heteroatoms. The molecule has 0 aliphatic carbocycles. The van der Waals surface area contributed by atoms with E-state index in [0.717, 1.165) is 26.6 Å². The van der Waals surface area contributed by atoms with Gasteiger partial charge in [0.2, 0.25) is 5.12 Å². The SMILES string of the molecule is C=CC(=O)SC(CC)CSc1nnc(SCCCC)s1. The number of nitrogens with zero attached hydrogens (tertiary/aromatic N) is 2. The van der Waals surface area contributed by atoms with Crippen molar-refractivity contribution in [3.8, 4) is 0 Å².